The van der Waals surface area contributed by atoms with Crippen LogP contribution in [0.4, 0.5) is 5.69 Å². The predicted molar refractivity (Wildman–Crippen MR) is 92.0 cm³/mol. The van der Waals surface area contributed by atoms with E-state index in [0.717, 1.165) is 17.7 Å². The fourth-order valence-electron chi connectivity index (χ4n) is 2.93. The first-order chi connectivity index (χ1) is 11.5. The molecule has 2 N–H and O–H groups in total. The molecule has 0 aromatic heterocycles. The maximum atomic E-state index is 12.6. The van der Waals surface area contributed by atoms with Crippen LogP contribution in [0.15, 0.2) is 48.5 Å². The van der Waals surface area contributed by atoms with Gasteiger partial charge in [-0.15, -0.1) is 0 Å². The van der Waals surface area contributed by atoms with E-state index < -0.39 is 5.97 Å². The van der Waals surface area contributed by atoms with E-state index in [-0.39, 0.29) is 17.5 Å². The SMILES string of the molecule is C[C@@H]1Nc2cc(C(=O)O)ccc2CN(CCc2ccccc2)C1=O. The van der Waals surface area contributed by atoms with Gasteiger partial charge in [0.05, 0.1) is 5.56 Å². The topological polar surface area (TPSA) is 69.6 Å². The first-order valence-electron chi connectivity index (χ1n) is 8.00. The monoisotopic (exact) mass is 324 g/mol. The van der Waals surface area contributed by atoms with Crippen LogP contribution in [0.2, 0.25) is 0 Å². The van der Waals surface area contributed by atoms with Gasteiger partial charge in [0.1, 0.15) is 6.04 Å². The van der Waals surface area contributed by atoms with Crippen molar-refractivity contribution in [2.24, 2.45) is 0 Å². The molecule has 0 unspecified atom stereocenters. The summed E-state index contributed by atoms with van der Waals surface area (Å²) in [5.41, 5.74) is 3.07. The molecule has 5 heteroatoms. The summed E-state index contributed by atoms with van der Waals surface area (Å²) in [6.07, 6.45) is 0.793. The fraction of sp³-hybridized carbons (Fsp3) is 0.263. The molecule has 1 aliphatic rings. The number of benzene rings is 2. The molecule has 0 saturated carbocycles. The van der Waals surface area contributed by atoms with Gasteiger partial charge in [-0.3, -0.25) is 4.79 Å². The van der Waals surface area contributed by atoms with Crippen molar-refractivity contribution in [3.63, 3.8) is 0 Å². The second kappa shape index (κ2) is 6.74. The zero-order chi connectivity index (χ0) is 17.1. The van der Waals surface area contributed by atoms with Gasteiger partial charge in [0.15, 0.2) is 0 Å². The minimum atomic E-state index is -0.969. The summed E-state index contributed by atoms with van der Waals surface area (Å²) in [6.45, 7) is 2.92. The maximum absolute atomic E-state index is 12.6. The third-order valence-corrected chi connectivity index (χ3v) is 4.29. The van der Waals surface area contributed by atoms with Gasteiger partial charge in [-0.1, -0.05) is 36.4 Å². The second-order valence-electron chi connectivity index (χ2n) is 6.04. The summed E-state index contributed by atoms with van der Waals surface area (Å²) in [5.74, 6) is -0.942. The van der Waals surface area contributed by atoms with Gasteiger partial charge >= 0.3 is 5.97 Å². The predicted octanol–water partition coefficient (Wildman–Crippen LogP) is 2.77. The number of anilines is 1. The molecule has 1 atom stereocenters. The number of rotatable bonds is 4. The number of amides is 1. The summed E-state index contributed by atoms with van der Waals surface area (Å²) < 4.78 is 0. The van der Waals surface area contributed by atoms with Crippen molar-refractivity contribution in [1.29, 1.82) is 0 Å². The molecule has 0 radical (unpaired) electrons. The van der Waals surface area contributed by atoms with Crippen molar-refractivity contribution in [3.05, 3.63) is 65.2 Å². The quantitative estimate of drug-likeness (QED) is 0.907. The van der Waals surface area contributed by atoms with Crippen LogP contribution in [0.25, 0.3) is 0 Å². The Balaban J connectivity index is 1.80. The highest BCUT2D eigenvalue weighted by molar-refractivity contribution is 5.91. The van der Waals surface area contributed by atoms with E-state index in [1.807, 2.05) is 23.1 Å². The van der Waals surface area contributed by atoms with Crippen molar-refractivity contribution in [3.8, 4) is 0 Å². The summed E-state index contributed by atoms with van der Waals surface area (Å²) in [5, 5.41) is 12.3. The number of nitrogens with zero attached hydrogens (tertiary/aromatic N) is 1. The number of carbonyl (C=O) groups excluding carboxylic acids is 1. The Morgan fingerprint density at radius 3 is 2.71 bits per heavy atom. The van der Waals surface area contributed by atoms with E-state index >= 15 is 0 Å². The summed E-state index contributed by atoms with van der Waals surface area (Å²) in [6, 6.07) is 14.6. The van der Waals surface area contributed by atoms with Crippen LogP contribution in [-0.2, 0) is 17.8 Å². The molecule has 3 rings (SSSR count). The molecule has 0 bridgehead atoms. The zero-order valence-corrected chi connectivity index (χ0v) is 13.5. The van der Waals surface area contributed by atoms with Gasteiger partial charge in [0.25, 0.3) is 0 Å². The van der Waals surface area contributed by atoms with E-state index in [0.29, 0.717) is 13.1 Å². The van der Waals surface area contributed by atoms with Crippen LogP contribution in [0.5, 0.6) is 0 Å². The normalized spacial score (nSPS) is 17.0. The highest BCUT2D eigenvalue weighted by Crippen LogP contribution is 2.24. The molecule has 124 valence electrons. The maximum Gasteiger partial charge on any atom is 0.335 e. The van der Waals surface area contributed by atoms with Crippen LogP contribution in [-0.4, -0.2) is 34.5 Å². The molecule has 0 spiro atoms. The third kappa shape index (κ3) is 3.40. The van der Waals surface area contributed by atoms with Gasteiger partial charge in [-0.05, 0) is 36.6 Å². The standard InChI is InChI=1S/C19H20N2O3/c1-13-18(22)21(10-9-14-5-3-2-4-6-14)12-16-8-7-15(19(23)24)11-17(16)20-13/h2-8,11,13,20H,9-10,12H2,1H3,(H,23,24)/t13-/m0/s1. The van der Waals surface area contributed by atoms with Crippen LogP contribution in [0.3, 0.4) is 0 Å². The molecule has 5 nitrogen and oxygen atoms in total. The van der Waals surface area contributed by atoms with Crippen molar-refractivity contribution < 1.29 is 14.7 Å². The van der Waals surface area contributed by atoms with E-state index in [4.69, 9.17) is 5.11 Å². The Morgan fingerprint density at radius 2 is 2.00 bits per heavy atom. The molecule has 0 aliphatic carbocycles. The molecule has 1 aliphatic heterocycles. The van der Waals surface area contributed by atoms with Crippen molar-refractivity contribution in [2.45, 2.75) is 25.9 Å². The molecular formula is C19H20N2O3. The summed E-state index contributed by atoms with van der Waals surface area (Å²) in [7, 11) is 0. The number of carboxylic acids is 1. The smallest absolute Gasteiger partial charge is 0.335 e. The highest BCUT2D eigenvalue weighted by atomic mass is 16.4. The number of hydrogen-bond donors (Lipinski definition) is 2. The van der Waals surface area contributed by atoms with Gasteiger partial charge in [-0.2, -0.15) is 0 Å². The minimum absolute atomic E-state index is 0.0269. The average molecular weight is 324 g/mol. The fourth-order valence-corrected chi connectivity index (χ4v) is 2.93. The lowest BCUT2D eigenvalue weighted by atomic mass is 10.1. The zero-order valence-electron chi connectivity index (χ0n) is 13.5. The number of aromatic carboxylic acids is 1. The Hall–Kier alpha value is -2.82. The molecule has 0 fully saturated rings. The van der Waals surface area contributed by atoms with E-state index in [9.17, 15) is 9.59 Å². The molecule has 0 saturated heterocycles. The summed E-state index contributed by atoms with van der Waals surface area (Å²) in [4.78, 5) is 25.6. The van der Waals surface area contributed by atoms with E-state index in [1.165, 1.54) is 5.56 Å². The molecule has 24 heavy (non-hydrogen) atoms. The van der Waals surface area contributed by atoms with Crippen LogP contribution in [0.1, 0.15) is 28.4 Å². The van der Waals surface area contributed by atoms with Crippen LogP contribution in [0, 0.1) is 0 Å². The Bertz CT molecular complexity index is 758. The number of hydrogen-bond acceptors (Lipinski definition) is 3. The Labute approximate surface area is 140 Å². The van der Waals surface area contributed by atoms with Gasteiger partial charge in [0, 0.05) is 18.8 Å². The van der Waals surface area contributed by atoms with E-state index in [1.54, 1.807) is 25.1 Å². The van der Waals surface area contributed by atoms with Crippen molar-refractivity contribution >= 4 is 17.6 Å². The van der Waals surface area contributed by atoms with Gasteiger partial charge in [0.2, 0.25) is 5.91 Å². The molecule has 2 aromatic rings. The molecular weight excluding hydrogens is 304 g/mol. The van der Waals surface area contributed by atoms with Gasteiger partial charge in [-0.25, -0.2) is 4.79 Å². The lowest BCUT2D eigenvalue weighted by molar-refractivity contribution is -0.132. The third-order valence-electron chi connectivity index (χ3n) is 4.29. The number of nitrogens with one attached hydrogen (secondary N) is 1. The highest BCUT2D eigenvalue weighted by Gasteiger charge is 2.26. The van der Waals surface area contributed by atoms with Crippen LogP contribution >= 0.6 is 0 Å². The first-order valence-corrected chi connectivity index (χ1v) is 8.00. The minimum Gasteiger partial charge on any atom is -0.478 e. The molecule has 1 amide bonds. The van der Waals surface area contributed by atoms with Gasteiger partial charge < -0.3 is 15.3 Å². The lowest BCUT2D eigenvalue weighted by Crippen LogP contribution is -2.39. The lowest BCUT2D eigenvalue weighted by Gasteiger charge is -2.22. The number of carbonyl (C=O) groups is 2. The van der Waals surface area contributed by atoms with Crippen molar-refractivity contribution in [2.75, 3.05) is 11.9 Å². The summed E-state index contributed by atoms with van der Waals surface area (Å²) >= 11 is 0. The molecule has 1 heterocycles. The Kier molecular flexibility index (Phi) is 4.51. The average Bonchev–Trinajstić information content (AvgIpc) is 2.70. The number of carboxylic acid groups (broad SMARTS) is 1. The first kappa shape index (κ1) is 16.1. The number of fused-ring (bicyclic) bond motifs is 1. The van der Waals surface area contributed by atoms with Crippen LogP contribution < -0.4 is 5.32 Å². The van der Waals surface area contributed by atoms with Crippen molar-refractivity contribution in [1.82, 2.24) is 4.90 Å². The second-order valence-corrected chi connectivity index (χ2v) is 6.04. The largest absolute Gasteiger partial charge is 0.478 e. The Morgan fingerprint density at radius 1 is 1.25 bits per heavy atom. The van der Waals surface area contributed by atoms with E-state index in [2.05, 4.69) is 17.4 Å². The molecule has 2 aromatic carbocycles.